The first-order valence-corrected chi connectivity index (χ1v) is 3.88. The minimum absolute atomic E-state index is 0. The van der Waals surface area contributed by atoms with Crippen LogP contribution in [0.25, 0.3) is 0 Å². The molecule has 0 aliphatic heterocycles. The maximum atomic E-state index is 5.19. The molecule has 0 aromatic heterocycles. The molecule has 0 atom stereocenters. The van der Waals surface area contributed by atoms with Crippen molar-refractivity contribution in [2.24, 2.45) is 0 Å². The quantitative estimate of drug-likeness (QED) is 0.699. The number of methoxy groups -OCH3 is 2. The standard InChI is InChI=1S/C10H14O2.H2O/c1-7-5-9(11-3)6-10(12-4)8(7)2;/h5-6H,1-4H3;1H2. The highest BCUT2D eigenvalue weighted by Crippen LogP contribution is 2.26. The van der Waals surface area contributed by atoms with Gasteiger partial charge in [0.25, 0.3) is 0 Å². The molecule has 0 aliphatic carbocycles. The van der Waals surface area contributed by atoms with E-state index in [4.69, 9.17) is 9.47 Å². The van der Waals surface area contributed by atoms with Gasteiger partial charge in [-0.05, 0) is 31.0 Å². The SMILES string of the molecule is COc1cc(C)c(C)c(OC)c1.O. The molecule has 0 saturated heterocycles. The fourth-order valence-corrected chi connectivity index (χ4v) is 1.12. The van der Waals surface area contributed by atoms with Gasteiger partial charge in [-0.15, -0.1) is 0 Å². The zero-order valence-electron chi connectivity index (χ0n) is 8.47. The zero-order valence-corrected chi connectivity index (χ0v) is 8.47. The second-order valence-corrected chi connectivity index (χ2v) is 2.77. The van der Waals surface area contributed by atoms with Crippen molar-refractivity contribution < 1.29 is 14.9 Å². The summed E-state index contributed by atoms with van der Waals surface area (Å²) in [7, 11) is 3.32. The molecule has 0 unspecified atom stereocenters. The van der Waals surface area contributed by atoms with Crippen LogP contribution in [0.5, 0.6) is 11.5 Å². The molecule has 0 aliphatic rings. The Kier molecular flexibility index (Phi) is 4.28. The first kappa shape index (κ1) is 11.8. The van der Waals surface area contributed by atoms with Crippen LogP contribution in [0, 0.1) is 13.8 Å². The maximum Gasteiger partial charge on any atom is 0.125 e. The van der Waals surface area contributed by atoms with Gasteiger partial charge in [0, 0.05) is 6.07 Å². The van der Waals surface area contributed by atoms with Gasteiger partial charge in [0.1, 0.15) is 11.5 Å². The molecule has 0 fully saturated rings. The predicted octanol–water partition coefficient (Wildman–Crippen LogP) is 1.50. The van der Waals surface area contributed by atoms with Gasteiger partial charge >= 0.3 is 0 Å². The van der Waals surface area contributed by atoms with Crippen molar-refractivity contribution in [2.75, 3.05) is 14.2 Å². The Morgan fingerprint density at radius 3 is 2.08 bits per heavy atom. The highest BCUT2D eigenvalue weighted by atomic mass is 16.5. The normalized spacial score (nSPS) is 8.92. The first-order valence-electron chi connectivity index (χ1n) is 3.88. The Bertz CT molecular complexity index is 282. The summed E-state index contributed by atoms with van der Waals surface area (Å²) < 4.78 is 10.3. The Hall–Kier alpha value is -1.22. The fourth-order valence-electron chi connectivity index (χ4n) is 1.12. The van der Waals surface area contributed by atoms with E-state index in [1.54, 1.807) is 14.2 Å². The number of aryl methyl sites for hydroxylation is 1. The average molecular weight is 184 g/mol. The van der Waals surface area contributed by atoms with Crippen molar-refractivity contribution in [3.8, 4) is 11.5 Å². The molecule has 0 heterocycles. The smallest absolute Gasteiger partial charge is 0.125 e. The van der Waals surface area contributed by atoms with Gasteiger partial charge in [-0.1, -0.05) is 0 Å². The summed E-state index contributed by atoms with van der Waals surface area (Å²) in [6.45, 7) is 4.08. The molecule has 13 heavy (non-hydrogen) atoms. The third-order valence-electron chi connectivity index (χ3n) is 2.05. The van der Waals surface area contributed by atoms with Gasteiger partial charge in [0.2, 0.25) is 0 Å². The molecular weight excluding hydrogens is 168 g/mol. The van der Waals surface area contributed by atoms with Crippen molar-refractivity contribution in [2.45, 2.75) is 13.8 Å². The highest BCUT2D eigenvalue weighted by Gasteiger charge is 2.03. The molecule has 2 N–H and O–H groups in total. The lowest BCUT2D eigenvalue weighted by atomic mass is 10.1. The molecule has 0 radical (unpaired) electrons. The summed E-state index contributed by atoms with van der Waals surface area (Å²) in [5, 5.41) is 0. The third-order valence-corrected chi connectivity index (χ3v) is 2.05. The van der Waals surface area contributed by atoms with Crippen LogP contribution in [0.3, 0.4) is 0 Å². The molecule has 0 amide bonds. The topological polar surface area (TPSA) is 50.0 Å². The van der Waals surface area contributed by atoms with Gasteiger partial charge in [0.15, 0.2) is 0 Å². The number of hydrogen-bond donors (Lipinski definition) is 0. The van der Waals surface area contributed by atoms with Gasteiger partial charge in [-0.2, -0.15) is 0 Å². The van der Waals surface area contributed by atoms with Gasteiger partial charge in [-0.25, -0.2) is 0 Å². The molecule has 1 aromatic carbocycles. The molecule has 0 spiro atoms. The van der Waals surface area contributed by atoms with Crippen LogP contribution in [-0.2, 0) is 0 Å². The summed E-state index contributed by atoms with van der Waals surface area (Å²) in [4.78, 5) is 0. The summed E-state index contributed by atoms with van der Waals surface area (Å²) in [5.41, 5.74) is 2.35. The van der Waals surface area contributed by atoms with Gasteiger partial charge in [0.05, 0.1) is 14.2 Å². The van der Waals surface area contributed by atoms with Crippen molar-refractivity contribution >= 4 is 0 Å². The van der Waals surface area contributed by atoms with Gasteiger partial charge in [-0.3, -0.25) is 0 Å². The van der Waals surface area contributed by atoms with Crippen LogP contribution in [0.4, 0.5) is 0 Å². The van der Waals surface area contributed by atoms with E-state index in [1.165, 1.54) is 11.1 Å². The summed E-state index contributed by atoms with van der Waals surface area (Å²) in [6, 6.07) is 3.89. The Morgan fingerprint density at radius 1 is 1.00 bits per heavy atom. The van der Waals surface area contributed by atoms with Crippen LogP contribution < -0.4 is 9.47 Å². The lowest BCUT2D eigenvalue weighted by Gasteiger charge is -2.09. The van der Waals surface area contributed by atoms with Crippen LogP contribution in [0.1, 0.15) is 11.1 Å². The molecule has 0 saturated carbocycles. The molecule has 74 valence electrons. The Balaban J connectivity index is 0.00000144. The molecule has 0 bridgehead atoms. The van der Waals surface area contributed by atoms with Crippen LogP contribution in [0.2, 0.25) is 0 Å². The summed E-state index contributed by atoms with van der Waals surface area (Å²) in [6.07, 6.45) is 0. The molecule has 3 nitrogen and oxygen atoms in total. The van der Waals surface area contributed by atoms with Crippen LogP contribution >= 0.6 is 0 Å². The van der Waals surface area contributed by atoms with E-state index in [0.29, 0.717) is 0 Å². The molecule has 1 aromatic rings. The Morgan fingerprint density at radius 2 is 1.62 bits per heavy atom. The molecule has 1 rings (SSSR count). The minimum Gasteiger partial charge on any atom is -0.497 e. The second-order valence-electron chi connectivity index (χ2n) is 2.77. The van der Waals surface area contributed by atoms with E-state index in [-0.39, 0.29) is 5.48 Å². The van der Waals surface area contributed by atoms with Crippen LogP contribution in [-0.4, -0.2) is 19.7 Å². The minimum atomic E-state index is 0. The van der Waals surface area contributed by atoms with Gasteiger partial charge < -0.3 is 14.9 Å². The Labute approximate surface area is 78.6 Å². The summed E-state index contributed by atoms with van der Waals surface area (Å²) >= 11 is 0. The van der Waals surface area contributed by atoms with E-state index in [1.807, 2.05) is 26.0 Å². The first-order chi connectivity index (χ1) is 5.69. The van der Waals surface area contributed by atoms with Crippen molar-refractivity contribution in [1.29, 1.82) is 0 Å². The monoisotopic (exact) mass is 184 g/mol. The highest BCUT2D eigenvalue weighted by molar-refractivity contribution is 5.45. The van der Waals surface area contributed by atoms with Crippen molar-refractivity contribution in [1.82, 2.24) is 0 Å². The molecular formula is C10H16O3. The zero-order chi connectivity index (χ0) is 9.14. The lowest BCUT2D eigenvalue weighted by Crippen LogP contribution is -1.92. The summed E-state index contributed by atoms with van der Waals surface area (Å²) in [5.74, 6) is 1.72. The van der Waals surface area contributed by atoms with E-state index in [0.717, 1.165) is 11.5 Å². The maximum absolute atomic E-state index is 5.19. The lowest BCUT2D eigenvalue weighted by molar-refractivity contribution is 0.391. The predicted molar refractivity (Wildman–Crippen MR) is 52.6 cm³/mol. The van der Waals surface area contributed by atoms with E-state index >= 15 is 0 Å². The van der Waals surface area contributed by atoms with Crippen LogP contribution in [0.15, 0.2) is 12.1 Å². The van der Waals surface area contributed by atoms with E-state index in [9.17, 15) is 0 Å². The fraction of sp³-hybridized carbons (Fsp3) is 0.400. The average Bonchev–Trinajstić information content (AvgIpc) is 2.09. The number of benzene rings is 1. The van der Waals surface area contributed by atoms with Crippen molar-refractivity contribution in [3.63, 3.8) is 0 Å². The van der Waals surface area contributed by atoms with E-state index in [2.05, 4.69) is 0 Å². The number of ether oxygens (including phenoxy) is 2. The molecule has 3 heteroatoms. The number of rotatable bonds is 2. The van der Waals surface area contributed by atoms with Crippen molar-refractivity contribution in [3.05, 3.63) is 23.3 Å². The second kappa shape index (κ2) is 4.72. The third kappa shape index (κ3) is 2.36. The largest absolute Gasteiger partial charge is 0.497 e. The van der Waals surface area contributed by atoms with E-state index < -0.39 is 0 Å². The number of hydrogen-bond acceptors (Lipinski definition) is 2.